The minimum absolute atomic E-state index is 0.256. The van der Waals surface area contributed by atoms with Crippen molar-refractivity contribution in [3.8, 4) is 11.1 Å². The monoisotopic (exact) mass is 328 g/mol. The first-order valence-electron chi connectivity index (χ1n) is 8.17. The lowest BCUT2D eigenvalue weighted by molar-refractivity contribution is 0.156. The van der Waals surface area contributed by atoms with Crippen molar-refractivity contribution in [3.63, 3.8) is 0 Å². The third kappa shape index (κ3) is 2.54. The van der Waals surface area contributed by atoms with Crippen molar-refractivity contribution in [1.82, 2.24) is 0 Å². The van der Waals surface area contributed by atoms with Crippen LogP contribution in [0.2, 0.25) is 0 Å². The second kappa shape index (κ2) is 5.53. The van der Waals surface area contributed by atoms with E-state index in [0.717, 1.165) is 17.9 Å². The summed E-state index contributed by atoms with van der Waals surface area (Å²) in [5.41, 5.74) is 2.74. The number of halogens is 1. The summed E-state index contributed by atoms with van der Waals surface area (Å²) in [6.45, 7) is 3.07. The molecule has 2 fully saturated rings. The maximum absolute atomic E-state index is 13.9. The summed E-state index contributed by atoms with van der Waals surface area (Å²) >= 11 is 1.26. The normalized spacial score (nSPS) is 28.0. The van der Waals surface area contributed by atoms with E-state index < -0.39 is 5.67 Å². The van der Waals surface area contributed by atoms with Gasteiger partial charge in [0.1, 0.15) is 5.67 Å². The number of hydrogen-bond acceptors (Lipinski definition) is 3. The van der Waals surface area contributed by atoms with E-state index >= 15 is 0 Å². The SMILES string of the molecule is CCN(c1cccc(-c2ccc(SN)cc2)c1)C1CC2(F)CC12. The molecular weight excluding hydrogens is 307 g/mol. The molecule has 2 aliphatic rings. The standard InChI is InChI=1S/C19H21FN2S/c1-2-22(18-12-19(20)11-17(18)19)15-5-3-4-14(10-15)13-6-8-16(23-21)9-7-13/h3-10,17-18H,2,11-12,21H2,1H3. The number of anilines is 1. The van der Waals surface area contributed by atoms with Gasteiger partial charge in [0, 0.05) is 35.5 Å². The molecule has 2 aromatic rings. The van der Waals surface area contributed by atoms with E-state index in [9.17, 15) is 4.39 Å². The Bertz CT molecular complexity index is 718. The molecule has 2 aliphatic carbocycles. The fourth-order valence-corrected chi connectivity index (χ4v) is 4.17. The molecule has 3 atom stereocenters. The molecule has 3 unspecified atom stereocenters. The van der Waals surface area contributed by atoms with Gasteiger partial charge in [0.15, 0.2) is 0 Å². The summed E-state index contributed by atoms with van der Waals surface area (Å²) in [6.07, 6.45) is 1.45. The fraction of sp³-hybridized carbons (Fsp3) is 0.368. The zero-order valence-corrected chi connectivity index (χ0v) is 14.0. The van der Waals surface area contributed by atoms with Crippen molar-refractivity contribution < 1.29 is 4.39 Å². The molecule has 0 bridgehead atoms. The molecule has 120 valence electrons. The Morgan fingerprint density at radius 1 is 1.17 bits per heavy atom. The van der Waals surface area contributed by atoms with Gasteiger partial charge < -0.3 is 4.90 Å². The van der Waals surface area contributed by atoms with Crippen LogP contribution in [0.4, 0.5) is 10.1 Å². The summed E-state index contributed by atoms with van der Waals surface area (Å²) in [4.78, 5) is 3.42. The molecule has 2 N–H and O–H groups in total. The molecule has 2 nitrogen and oxygen atoms in total. The molecular formula is C19H21FN2S. The van der Waals surface area contributed by atoms with Crippen LogP contribution in [-0.4, -0.2) is 18.3 Å². The van der Waals surface area contributed by atoms with Crippen LogP contribution < -0.4 is 10.0 Å². The Labute approximate surface area is 141 Å². The van der Waals surface area contributed by atoms with E-state index in [-0.39, 0.29) is 5.92 Å². The molecule has 23 heavy (non-hydrogen) atoms. The number of hydrogen-bond donors (Lipinski definition) is 1. The number of nitrogens with zero attached hydrogens (tertiary/aromatic N) is 1. The minimum Gasteiger partial charge on any atom is -0.368 e. The first-order valence-corrected chi connectivity index (χ1v) is 9.05. The molecule has 0 aliphatic heterocycles. The second-order valence-electron chi connectivity index (χ2n) is 6.60. The lowest BCUT2D eigenvalue weighted by Gasteiger charge is -2.40. The summed E-state index contributed by atoms with van der Waals surface area (Å²) < 4.78 is 13.9. The van der Waals surface area contributed by atoms with Gasteiger partial charge in [-0.15, -0.1) is 0 Å². The summed E-state index contributed by atoms with van der Waals surface area (Å²) in [5.74, 6) is 0.256. The van der Waals surface area contributed by atoms with Crippen LogP contribution in [0.3, 0.4) is 0 Å². The van der Waals surface area contributed by atoms with Crippen LogP contribution in [0.15, 0.2) is 53.4 Å². The third-order valence-electron chi connectivity index (χ3n) is 5.32. The lowest BCUT2D eigenvalue weighted by Crippen LogP contribution is -2.47. The Morgan fingerprint density at radius 3 is 2.52 bits per heavy atom. The number of rotatable bonds is 5. The first-order chi connectivity index (χ1) is 11.1. The number of fused-ring (bicyclic) bond motifs is 1. The van der Waals surface area contributed by atoms with Crippen LogP contribution >= 0.6 is 11.9 Å². The number of benzene rings is 2. The highest BCUT2D eigenvalue weighted by molar-refractivity contribution is 7.97. The largest absolute Gasteiger partial charge is 0.368 e. The quantitative estimate of drug-likeness (QED) is 0.810. The number of nitrogens with two attached hydrogens (primary N) is 1. The zero-order valence-electron chi connectivity index (χ0n) is 13.2. The van der Waals surface area contributed by atoms with Gasteiger partial charge in [-0.3, -0.25) is 5.14 Å². The molecule has 4 rings (SSSR count). The first kappa shape index (κ1) is 15.0. The molecule has 0 spiro atoms. The van der Waals surface area contributed by atoms with Gasteiger partial charge in [0.25, 0.3) is 0 Å². The molecule has 2 aromatic carbocycles. The highest BCUT2D eigenvalue weighted by atomic mass is 32.2. The molecule has 4 heteroatoms. The molecule has 0 saturated heterocycles. The van der Waals surface area contributed by atoms with E-state index in [4.69, 9.17) is 5.14 Å². The molecule has 2 saturated carbocycles. The van der Waals surface area contributed by atoms with E-state index in [0.29, 0.717) is 12.5 Å². The topological polar surface area (TPSA) is 29.3 Å². The van der Waals surface area contributed by atoms with Crippen LogP contribution in [0, 0.1) is 5.92 Å². The predicted molar refractivity (Wildman–Crippen MR) is 95.3 cm³/mol. The van der Waals surface area contributed by atoms with Gasteiger partial charge in [-0.1, -0.05) is 24.3 Å². The summed E-state index contributed by atoms with van der Waals surface area (Å²) in [7, 11) is 0. The van der Waals surface area contributed by atoms with Crippen molar-refractivity contribution in [2.75, 3.05) is 11.4 Å². The van der Waals surface area contributed by atoms with E-state index in [1.807, 2.05) is 12.1 Å². The molecule has 0 heterocycles. The van der Waals surface area contributed by atoms with Gasteiger partial charge in [-0.05, 0) is 60.7 Å². The Balaban J connectivity index is 1.59. The number of alkyl halides is 1. The van der Waals surface area contributed by atoms with Crippen molar-refractivity contribution in [2.45, 2.75) is 36.4 Å². The van der Waals surface area contributed by atoms with E-state index in [1.165, 1.54) is 28.8 Å². The van der Waals surface area contributed by atoms with Crippen LogP contribution in [0.1, 0.15) is 19.8 Å². The van der Waals surface area contributed by atoms with Crippen LogP contribution in [0.5, 0.6) is 0 Å². The third-order valence-corrected chi connectivity index (χ3v) is 5.86. The maximum Gasteiger partial charge on any atom is 0.118 e. The van der Waals surface area contributed by atoms with E-state index in [2.05, 4.69) is 48.2 Å². The van der Waals surface area contributed by atoms with Crippen LogP contribution in [0.25, 0.3) is 11.1 Å². The van der Waals surface area contributed by atoms with Gasteiger partial charge >= 0.3 is 0 Å². The molecule has 0 aromatic heterocycles. The average molecular weight is 328 g/mol. The lowest BCUT2D eigenvalue weighted by atomic mass is 9.88. The average Bonchev–Trinajstić information content (AvgIpc) is 3.14. The predicted octanol–water partition coefficient (Wildman–Crippen LogP) is 4.65. The summed E-state index contributed by atoms with van der Waals surface area (Å²) in [6, 6.07) is 17.2. The highest BCUT2D eigenvalue weighted by Gasteiger charge is 2.70. The fourth-order valence-electron chi connectivity index (χ4n) is 3.88. The molecule has 0 amide bonds. The van der Waals surface area contributed by atoms with Gasteiger partial charge in [0.05, 0.1) is 0 Å². The highest BCUT2D eigenvalue weighted by Crippen LogP contribution is 2.64. The maximum atomic E-state index is 13.9. The smallest absolute Gasteiger partial charge is 0.118 e. The summed E-state index contributed by atoms with van der Waals surface area (Å²) in [5, 5.41) is 5.58. The van der Waals surface area contributed by atoms with Gasteiger partial charge in [0.2, 0.25) is 0 Å². The van der Waals surface area contributed by atoms with Crippen molar-refractivity contribution in [1.29, 1.82) is 0 Å². The van der Waals surface area contributed by atoms with Gasteiger partial charge in [-0.25, -0.2) is 4.39 Å². The minimum atomic E-state index is -0.828. The van der Waals surface area contributed by atoms with Crippen LogP contribution in [-0.2, 0) is 0 Å². The zero-order chi connectivity index (χ0) is 16.0. The molecule has 0 radical (unpaired) electrons. The van der Waals surface area contributed by atoms with Gasteiger partial charge in [-0.2, -0.15) is 0 Å². The Morgan fingerprint density at radius 2 is 1.96 bits per heavy atom. The Kier molecular flexibility index (Phi) is 3.62. The second-order valence-corrected chi connectivity index (χ2v) is 7.30. The van der Waals surface area contributed by atoms with E-state index in [1.54, 1.807) is 0 Å². The van der Waals surface area contributed by atoms with Crippen molar-refractivity contribution >= 4 is 17.6 Å². The van der Waals surface area contributed by atoms with Crippen molar-refractivity contribution in [3.05, 3.63) is 48.5 Å². The Hall–Kier alpha value is -1.52. The van der Waals surface area contributed by atoms with Crippen molar-refractivity contribution in [2.24, 2.45) is 11.1 Å².